The van der Waals surface area contributed by atoms with Gasteiger partial charge in [0.2, 0.25) is 5.91 Å². The van der Waals surface area contributed by atoms with Crippen LogP contribution in [-0.4, -0.2) is 41.5 Å². The summed E-state index contributed by atoms with van der Waals surface area (Å²) in [5, 5.41) is 2.77. The Labute approximate surface area is 133 Å². The number of carbonyl (C=O) groups is 1. The lowest BCUT2D eigenvalue weighted by molar-refractivity contribution is -0.120. The van der Waals surface area contributed by atoms with E-state index < -0.39 is 9.75 Å². The first-order chi connectivity index (χ1) is 9.92. The molecular formula is C14H17Cl2N3O2. The number of hydrogen-bond acceptors (Lipinski definition) is 4. The van der Waals surface area contributed by atoms with Gasteiger partial charge < -0.3 is 15.0 Å². The average molecular weight is 330 g/mol. The van der Waals surface area contributed by atoms with Crippen molar-refractivity contribution in [1.82, 2.24) is 4.98 Å². The lowest BCUT2D eigenvalue weighted by Gasteiger charge is -2.28. The van der Waals surface area contributed by atoms with Crippen LogP contribution in [-0.2, 0) is 9.53 Å². The molecule has 2 heterocycles. The van der Waals surface area contributed by atoms with Gasteiger partial charge in [-0.05, 0) is 25.5 Å². The molecule has 1 atom stereocenters. The normalized spacial score (nSPS) is 27.3. The molecule has 3 rings (SSSR count). The van der Waals surface area contributed by atoms with E-state index in [1.807, 2.05) is 6.07 Å². The number of nitrogens with zero attached hydrogens (tertiary/aromatic N) is 2. The smallest absolute Gasteiger partial charge is 0.234 e. The van der Waals surface area contributed by atoms with Gasteiger partial charge in [-0.3, -0.25) is 4.79 Å². The Kier molecular flexibility index (Phi) is 3.76. The monoisotopic (exact) mass is 329 g/mol. The van der Waals surface area contributed by atoms with Crippen molar-refractivity contribution in [3.63, 3.8) is 0 Å². The van der Waals surface area contributed by atoms with Crippen LogP contribution in [0.3, 0.4) is 0 Å². The van der Waals surface area contributed by atoms with Crippen molar-refractivity contribution in [3.05, 3.63) is 18.3 Å². The largest absolute Gasteiger partial charge is 0.378 e. The summed E-state index contributed by atoms with van der Waals surface area (Å²) in [5.41, 5.74) is 0.290. The first-order valence-corrected chi connectivity index (χ1v) is 7.66. The number of aromatic nitrogens is 1. The fourth-order valence-electron chi connectivity index (χ4n) is 2.37. The molecule has 1 amide bonds. The number of halogens is 2. The number of rotatable bonds is 3. The van der Waals surface area contributed by atoms with Gasteiger partial charge in [0.15, 0.2) is 0 Å². The first-order valence-electron chi connectivity index (χ1n) is 6.90. The van der Waals surface area contributed by atoms with Crippen LogP contribution < -0.4 is 10.2 Å². The van der Waals surface area contributed by atoms with E-state index in [4.69, 9.17) is 27.9 Å². The Morgan fingerprint density at radius 1 is 1.38 bits per heavy atom. The number of ether oxygens (including phenoxy) is 1. The fraction of sp³-hybridized carbons (Fsp3) is 0.571. The van der Waals surface area contributed by atoms with E-state index in [0.29, 0.717) is 12.2 Å². The highest BCUT2D eigenvalue weighted by atomic mass is 35.5. The molecule has 1 saturated heterocycles. The maximum Gasteiger partial charge on any atom is 0.234 e. The van der Waals surface area contributed by atoms with Crippen LogP contribution in [0.2, 0.25) is 0 Å². The lowest BCUT2D eigenvalue weighted by atomic mass is 10.1. The third-order valence-electron chi connectivity index (χ3n) is 4.12. The lowest BCUT2D eigenvalue weighted by Crippen LogP contribution is -2.36. The molecule has 1 aliphatic heterocycles. The van der Waals surface area contributed by atoms with Gasteiger partial charge in [0.25, 0.3) is 0 Å². The van der Waals surface area contributed by atoms with E-state index in [2.05, 4.69) is 15.2 Å². The van der Waals surface area contributed by atoms with E-state index >= 15 is 0 Å². The van der Waals surface area contributed by atoms with Crippen molar-refractivity contribution < 1.29 is 9.53 Å². The summed E-state index contributed by atoms with van der Waals surface area (Å²) in [4.78, 5) is 18.6. The zero-order valence-corrected chi connectivity index (χ0v) is 13.2. The van der Waals surface area contributed by atoms with Crippen LogP contribution in [0.5, 0.6) is 0 Å². The second kappa shape index (κ2) is 5.30. The molecule has 5 nitrogen and oxygen atoms in total. The number of amides is 1. The van der Waals surface area contributed by atoms with Crippen molar-refractivity contribution >= 4 is 40.6 Å². The van der Waals surface area contributed by atoms with Crippen molar-refractivity contribution in [1.29, 1.82) is 0 Å². The highest BCUT2D eigenvalue weighted by Crippen LogP contribution is 2.64. The Morgan fingerprint density at radius 3 is 2.57 bits per heavy atom. The molecule has 0 unspecified atom stereocenters. The topological polar surface area (TPSA) is 54.5 Å². The quantitative estimate of drug-likeness (QED) is 0.865. The van der Waals surface area contributed by atoms with Gasteiger partial charge >= 0.3 is 0 Å². The van der Waals surface area contributed by atoms with Gasteiger partial charge in [-0.25, -0.2) is 4.98 Å². The molecule has 7 heteroatoms. The van der Waals surface area contributed by atoms with Crippen LogP contribution in [0.4, 0.5) is 11.5 Å². The number of anilines is 2. The SMILES string of the molecule is C[C@]1(C(=O)Nc2ccc(N3CCOCC3)cn2)CC1(Cl)Cl. The molecule has 0 bridgehead atoms. The van der Waals surface area contributed by atoms with Crippen molar-refractivity contribution in [2.45, 2.75) is 17.7 Å². The van der Waals surface area contributed by atoms with Crippen molar-refractivity contribution in [2.24, 2.45) is 5.41 Å². The Bertz CT molecular complexity index is 544. The summed E-state index contributed by atoms with van der Waals surface area (Å²) >= 11 is 12.0. The molecule has 1 saturated carbocycles. The molecule has 1 aromatic heterocycles. The van der Waals surface area contributed by atoms with Crippen LogP contribution in [0.15, 0.2) is 18.3 Å². The summed E-state index contributed by atoms with van der Waals surface area (Å²) in [6.07, 6.45) is 2.21. The molecule has 114 valence electrons. The third kappa shape index (κ3) is 2.82. The number of morpholine rings is 1. The van der Waals surface area contributed by atoms with Gasteiger partial charge in [0, 0.05) is 13.1 Å². The van der Waals surface area contributed by atoms with Crippen molar-refractivity contribution in [2.75, 3.05) is 36.5 Å². The number of pyridine rings is 1. The minimum absolute atomic E-state index is 0.195. The van der Waals surface area contributed by atoms with E-state index in [1.165, 1.54) is 0 Å². The standard InChI is InChI=1S/C14H17Cl2N3O2/c1-13(9-14(13,15)16)12(20)18-11-3-2-10(8-17-11)19-4-6-21-7-5-19/h2-3,8H,4-7,9H2,1H3,(H,17,18,20)/t13-/m1/s1. The van der Waals surface area contributed by atoms with Crippen molar-refractivity contribution in [3.8, 4) is 0 Å². The molecule has 0 radical (unpaired) electrons. The highest BCUT2D eigenvalue weighted by molar-refractivity contribution is 6.53. The van der Waals surface area contributed by atoms with E-state index in [1.54, 1.807) is 19.2 Å². The molecule has 1 N–H and O–H groups in total. The van der Waals surface area contributed by atoms with Gasteiger partial charge in [-0.1, -0.05) is 0 Å². The highest BCUT2D eigenvalue weighted by Gasteiger charge is 2.67. The summed E-state index contributed by atoms with van der Waals surface area (Å²) in [6.45, 7) is 4.91. The predicted molar refractivity (Wildman–Crippen MR) is 83.1 cm³/mol. The molecule has 1 aliphatic carbocycles. The Hall–Kier alpha value is -1.04. The van der Waals surface area contributed by atoms with Gasteiger partial charge in [0.05, 0.1) is 30.5 Å². The van der Waals surface area contributed by atoms with Gasteiger partial charge in [-0.15, -0.1) is 23.2 Å². The van der Waals surface area contributed by atoms with Crippen LogP contribution >= 0.6 is 23.2 Å². The maximum absolute atomic E-state index is 12.2. The molecule has 0 aromatic carbocycles. The summed E-state index contributed by atoms with van der Waals surface area (Å²) in [6, 6.07) is 3.73. The Morgan fingerprint density at radius 2 is 2.05 bits per heavy atom. The summed E-state index contributed by atoms with van der Waals surface area (Å²) in [7, 11) is 0. The van der Waals surface area contributed by atoms with E-state index in [0.717, 1.165) is 32.0 Å². The molecular weight excluding hydrogens is 313 g/mol. The molecule has 2 fully saturated rings. The second-order valence-corrected chi connectivity index (χ2v) is 7.15. The second-order valence-electron chi connectivity index (χ2n) is 5.67. The van der Waals surface area contributed by atoms with Gasteiger partial charge in [0.1, 0.15) is 10.2 Å². The van der Waals surface area contributed by atoms with Crippen LogP contribution in [0.1, 0.15) is 13.3 Å². The molecule has 1 aromatic rings. The maximum atomic E-state index is 12.2. The number of nitrogens with one attached hydrogen (secondary N) is 1. The fourth-order valence-corrected chi connectivity index (χ4v) is 3.08. The van der Waals surface area contributed by atoms with Gasteiger partial charge in [-0.2, -0.15) is 0 Å². The zero-order chi connectivity index (χ0) is 15.1. The van der Waals surface area contributed by atoms with E-state index in [-0.39, 0.29) is 5.91 Å². The number of alkyl halides is 2. The number of carbonyl (C=O) groups excluding carboxylic acids is 1. The summed E-state index contributed by atoms with van der Waals surface area (Å²) in [5.74, 6) is 0.313. The first kappa shape index (κ1) is 14.9. The summed E-state index contributed by atoms with van der Waals surface area (Å²) < 4.78 is 4.35. The molecule has 0 spiro atoms. The molecule has 21 heavy (non-hydrogen) atoms. The average Bonchev–Trinajstić information content (AvgIpc) is 3.01. The minimum atomic E-state index is -0.967. The number of hydrogen-bond donors (Lipinski definition) is 1. The van der Waals surface area contributed by atoms with Crippen LogP contribution in [0, 0.1) is 5.41 Å². The minimum Gasteiger partial charge on any atom is -0.378 e. The predicted octanol–water partition coefficient (Wildman–Crippen LogP) is 2.44. The zero-order valence-electron chi connectivity index (χ0n) is 11.7. The third-order valence-corrected chi connectivity index (χ3v) is 5.23. The molecule has 2 aliphatic rings. The Balaban J connectivity index is 1.63. The van der Waals surface area contributed by atoms with Crippen LogP contribution in [0.25, 0.3) is 0 Å². The van der Waals surface area contributed by atoms with E-state index in [9.17, 15) is 4.79 Å².